The molecular formula is C14H20BrNO2S. The second-order valence-electron chi connectivity index (χ2n) is 5.15. The summed E-state index contributed by atoms with van der Waals surface area (Å²) in [6.07, 6.45) is 4.24. The maximum absolute atomic E-state index is 12.7. The molecule has 0 N–H and O–H groups in total. The zero-order chi connectivity index (χ0) is 14.0. The van der Waals surface area contributed by atoms with Crippen LogP contribution < -0.4 is 0 Å². The maximum atomic E-state index is 12.7. The molecule has 0 bridgehead atoms. The number of hydrogen-bond acceptors (Lipinski definition) is 2. The number of benzene rings is 1. The van der Waals surface area contributed by atoms with E-state index in [9.17, 15) is 8.42 Å². The van der Waals surface area contributed by atoms with E-state index >= 15 is 0 Å². The molecule has 0 saturated heterocycles. The highest BCUT2D eigenvalue weighted by molar-refractivity contribution is 9.09. The van der Waals surface area contributed by atoms with Crippen molar-refractivity contribution in [1.82, 2.24) is 4.31 Å². The summed E-state index contributed by atoms with van der Waals surface area (Å²) in [6.45, 7) is 1.84. The minimum Gasteiger partial charge on any atom is -0.207 e. The zero-order valence-electron chi connectivity index (χ0n) is 11.3. The van der Waals surface area contributed by atoms with Gasteiger partial charge in [0.25, 0.3) is 0 Å². The molecule has 19 heavy (non-hydrogen) atoms. The number of alkyl halides is 1. The molecule has 1 fully saturated rings. The molecule has 0 heterocycles. The van der Waals surface area contributed by atoms with Gasteiger partial charge in [-0.25, -0.2) is 8.42 Å². The van der Waals surface area contributed by atoms with Crippen LogP contribution in [0.25, 0.3) is 0 Å². The van der Waals surface area contributed by atoms with Gasteiger partial charge in [-0.15, -0.1) is 0 Å². The Morgan fingerprint density at radius 1 is 1.21 bits per heavy atom. The van der Waals surface area contributed by atoms with E-state index in [4.69, 9.17) is 0 Å². The van der Waals surface area contributed by atoms with Crippen LogP contribution in [0, 0.1) is 6.92 Å². The van der Waals surface area contributed by atoms with Crippen LogP contribution >= 0.6 is 15.9 Å². The monoisotopic (exact) mass is 345 g/mol. The molecule has 0 amide bonds. The number of halogens is 1. The van der Waals surface area contributed by atoms with Crippen LogP contribution in [0.2, 0.25) is 0 Å². The van der Waals surface area contributed by atoms with Crippen LogP contribution in [0.4, 0.5) is 0 Å². The van der Waals surface area contributed by atoms with Gasteiger partial charge in [-0.3, -0.25) is 0 Å². The van der Waals surface area contributed by atoms with Gasteiger partial charge in [0.1, 0.15) is 0 Å². The fourth-order valence-electron chi connectivity index (χ4n) is 2.65. The van der Waals surface area contributed by atoms with E-state index in [0.29, 0.717) is 4.90 Å². The standard InChI is InChI=1S/C14H20BrNO2S/c1-11-7-3-6-10-14(11)19(17,18)16(2)13-9-5-4-8-12(13)15/h3,6-7,10,12-13H,4-5,8-9H2,1-2H3. The Bertz CT molecular complexity index is 544. The highest BCUT2D eigenvalue weighted by Crippen LogP contribution is 2.31. The molecule has 2 unspecified atom stereocenters. The van der Waals surface area contributed by atoms with Crippen molar-refractivity contribution in [2.45, 2.75) is 48.4 Å². The second kappa shape index (κ2) is 5.94. The Morgan fingerprint density at radius 2 is 1.84 bits per heavy atom. The van der Waals surface area contributed by atoms with Crippen molar-refractivity contribution in [3.63, 3.8) is 0 Å². The smallest absolute Gasteiger partial charge is 0.207 e. The molecule has 1 aromatic carbocycles. The molecule has 2 rings (SSSR count). The lowest BCUT2D eigenvalue weighted by Crippen LogP contribution is -2.44. The summed E-state index contributed by atoms with van der Waals surface area (Å²) in [4.78, 5) is 0.674. The molecule has 5 heteroatoms. The molecule has 1 aromatic rings. The Hall–Kier alpha value is -0.390. The van der Waals surface area contributed by atoms with Crippen molar-refractivity contribution < 1.29 is 8.42 Å². The highest BCUT2D eigenvalue weighted by atomic mass is 79.9. The second-order valence-corrected chi connectivity index (χ2v) is 8.30. The van der Waals surface area contributed by atoms with E-state index < -0.39 is 10.0 Å². The van der Waals surface area contributed by atoms with E-state index in [1.54, 1.807) is 23.5 Å². The first kappa shape index (κ1) is 15.0. The number of sulfonamides is 1. The van der Waals surface area contributed by atoms with Crippen molar-refractivity contribution in [2.24, 2.45) is 0 Å². The third-order valence-corrected chi connectivity index (χ3v) is 6.98. The molecule has 0 aromatic heterocycles. The predicted octanol–water partition coefficient (Wildman–Crippen LogP) is 3.32. The number of rotatable bonds is 3. The molecule has 1 aliphatic rings. The van der Waals surface area contributed by atoms with Gasteiger partial charge in [0.2, 0.25) is 10.0 Å². The van der Waals surface area contributed by atoms with E-state index in [-0.39, 0.29) is 10.9 Å². The minimum atomic E-state index is -3.40. The van der Waals surface area contributed by atoms with Gasteiger partial charge in [-0.2, -0.15) is 4.31 Å². The lowest BCUT2D eigenvalue weighted by Gasteiger charge is -2.34. The maximum Gasteiger partial charge on any atom is 0.243 e. The summed E-state index contributed by atoms with van der Waals surface area (Å²) in [6, 6.07) is 7.22. The first-order valence-electron chi connectivity index (χ1n) is 6.62. The molecule has 1 saturated carbocycles. The summed E-state index contributed by atoms with van der Waals surface area (Å²) in [5.74, 6) is 0. The summed E-state index contributed by atoms with van der Waals surface area (Å²) in [5, 5.41) is 0. The predicted molar refractivity (Wildman–Crippen MR) is 81.1 cm³/mol. The molecule has 1 aliphatic carbocycles. The lowest BCUT2D eigenvalue weighted by molar-refractivity contribution is 0.297. The molecule has 0 radical (unpaired) electrons. The SMILES string of the molecule is Cc1ccccc1S(=O)(=O)N(C)C1CCCCC1Br. The van der Waals surface area contributed by atoms with Crippen LogP contribution in [0.15, 0.2) is 29.2 Å². The topological polar surface area (TPSA) is 37.4 Å². The first-order valence-corrected chi connectivity index (χ1v) is 8.98. The molecule has 0 aliphatic heterocycles. The molecule has 3 nitrogen and oxygen atoms in total. The van der Waals surface area contributed by atoms with E-state index in [1.165, 1.54) is 6.42 Å². The molecule has 106 valence electrons. The van der Waals surface area contributed by atoms with Gasteiger partial charge in [0.15, 0.2) is 0 Å². The average molecular weight is 346 g/mol. The van der Waals surface area contributed by atoms with Gasteiger partial charge in [-0.1, -0.05) is 47.0 Å². The van der Waals surface area contributed by atoms with Gasteiger partial charge in [0, 0.05) is 17.9 Å². The summed E-state index contributed by atoms with van der Waals surface area (Å²) >= 11 is 3.63. The normalized spacial score (nSPS) is 24.6. The van der Waals surface area contributed by atoms with Crippen molar-refractivity contribution in [3.05, 3.63) is 29.8 Å². The summed E-state index contributed by atoms with van der Waals surface area (Å²) < 4.78 is 27.0. The fourth-order valence-corrected chi connectivity index (χ4v) is 5.40. The first-order chi connectivity index (χ1) is 8.94. The largest absolute Gasteiger partial charge is 0.243 e. The zero-order valence-corrected chi connectivity index (χ0v) is 13.7. The average Bonchev–Trinajstić information content (AvgIpc) is 2.39. The van der Waals surface area contributed by atoms with E-state index in [0.717, 1.165) is 24.8 Å². The fraction of sp³-hybridized carbons (Fsp3) is 0.571. The van der Waals surface area contributed by atoms with Gasteiger partial charge >= 0.3 is 0 Å². The van der Waals surface area contributed by atoms with E-state index in [2.05, 4.69) is 15.9 Å². The van der Waals surface area contributed by atoms with Crippen molar-refractivity contribution in [1.29, 1.82) is 0 Å². The molecule has 2 atom stereocenters. The lowest BCUT2D eigenvalue weighted by atomic mass is 9.96. The van der Waals surface area contributed by atoms with Crippen LogP contribution in [0.3, 0.4) is 0 Å². The highest BCUT2D eigenvalue weighted by Gasteiger charge is 2.34. The summed E-state index contributed by atoms with van der Waals surface area (Å²) in [5.41, 5.74) is 0.802. The van der Waals surface area contributed by atoms with Gasteiger partial charge in [-0.05, 0) is 31.4 Å². The number of aryl methyl sites for hydroxylation is 1. The Balaban J connectivity index is 2.31. The van der Waals surface area contributed by atoms with Crippen LogP contribution in [0.5, 0.6) is 0 Å². The van der Waals surface area contributed by atoms with Crippen LogP contribution in [-0.4, -0.2) is 30.6 Å². The molecular weight excluding hydrogens is 326 g/mol. The van der Waals surface area contributed by atoms with Crippen molar-refractivity contribution in [2.75, 3.05) is 7.05 Å². The van der Waals surface area contributed by atoms with Gasteiger partial charge < -0.3 is 0 Å². The Kier molecular flexibility index (Phi) is 4.69. The third-order valence-electron chi connectivity index (χ3n) is 3.86. The Labute approximate surface area is 124 Å². The van der Waals surface area contributed by atoms with Gasteiger partial charge in [0.05, 0.1) is 4.90 Å². The van der Waals surface area contributed by atoms with E-state index in [1.807, 2.05) is 19.1 Å². The number of nitrogens with zero attached hydrogens (tertiary/aromatic N) is 1. The summed E-state index contributed by atoms with van der Waals surface area (Å²) in [7, 11) is -1.70. The minimum absolute atomic E-state index is 0.0540. The van der Waals surface area contributed by atoms with Crippen LogP contribution in [0.1, 0.15) is 31.2 Å². The van der Waals surface area contributed by atoms with Crippen molar-refractivity contribution in [3.8, 4) is 0 Å². The Morgan fingerprint density at radius 3 is 2.47 bits per heavy atom. The van der Waals surface area contributed by atoms with Crippen LogP contribution in [-0.2, 0) is 10.0 Å². The van der Waals surface area contributed by atoms with Crippen molar-refractivity contribution >= 4 is 26.0 Å². The quantitative estimate of drug-likeness (QED) is 0.788. The number of hydrogen-bond donors (Lipinski definition) is 0. The molecule has 0 spiro atoms. The third kappa shape index (κ3) is 3.03.